The van der Waals surface area contributed by atoms with Crippen molar-refractivity contribution in [3.63, 3.8) is 0 Å². The number of rotatable bonds is 1. The van der Waals surface area contributed by atoms with Gasteiger partial charge in [0, 0.05) is 24.2 Å². The zero-order valence-corrected chi connectivity index (χ0v) is 12.3. The molecule has 1 aromatic heterocycles. The third-order valence-electron chi connectivity index (χ3n) is 3.32. The Morgan fingerprint density at radius 2 is 1.62 bits per heavy atom. The standard InChI is InChI=1S/C15H17F3N2O/c1-14(2,3)12-9-13(21)20(19(12)4)11-8-6-5-7-10(11)15(16,17)18/h5-9H,1-4H3. The molecule has 0 saturated carbocycles. The lowest BCUT2D eigenvalue weighted by molar-refractivity contribution is -0.137. The Morgan fingerprint density at radius 1 is 1.05 bits per heavy atom. The first kappa shape index (κ1) is 15.4. The molecule has 21 heavy (non-hydrogen) atoms. The van der Waals surface area contributed by atoms with Crippen LogP contribution in [0.3, 0.4) is 0 Å². The fourth-order valence-corrected chi connectivity index (χ4v) is 2.41. The van der Waals surface area contributed by atoms with Crippen LogP contribution in [0.5, 0.6) is 0 Å². The van der Waals surface area contributed by atoms with E-state index < -0.39 is 17.3 Å². The summed E-state index contributed by atoms with van der Waals surface area (Å²) >= 11 is 0. The number of benzene rings is 1. The Balaban J connectivity index is 2.76. The summed E-state index contributed by atoms with van der Waals surface area (Å²) in [5.41, 5.74) is -1.13. The number of halogens is 3. The van der Waals surface area contributed by atoms with E-state index in [-0.39, 0.29) is 11.1 Å². The van der Waals surface area contributed by atoms with Crippen molar-refractivity contribution in [3.8, 4) is 5.69 Å². The fraction of sp³-hybridized carbons (Fsp3) is 0.400. The molecule has 2 rings (SSSR count). The van der Waals surface area contributed by atoms with E-state index >= 15 is 0 Å². The summed E-state index contributed by atoms with van der Waals surface area (Å²) in [6.45, 7) is 5.71. The number of aromatic nitrogens is 2. The maximum Gasteiger partial charge on any atom is 0.418 e. The van der Waals surface area contributed by atoms with Crippen LogP contribution in [0, 0.1) is 0 Å². The summed E-state index contributed by atoms with van der Waals surface area (Å²) in [5, 5.41) is 0. The van der Waals surface area contributed by atoms with Crippen molar-refractivity contribution in [3.05, 3.63) is 51.9 Å². The SMILES string of the molecule is Cn1c(C(C)(C)C)cc(=O)n1-c1ccccc1C(F)(F)F. The number of hydrogen-bond acceptors (Lipinski definition) is 1. The van der Waals surface area contributed by atoms with Crippen molar-refractivity contribution < 1.29 is 13.2 Å². The lowest BCUT2D eigenvalue weighted by Gasteiger charge is -2.21. The molecule has 0 atom stereocenters. The largest absolute Gasteiger partial charge is 0.418 e. The van der Waals surface area contributed by atoms with Crippen molar-refractivity contribution in [2.24, 2.45) is 7.05 Å². The first-order valence-corrected chi connectivity index (χ1v) is 6.49. The van der Waals surface area contributed by atoms with Gasteiger partial charge in [0.25, 0.3) is 5.56 Å². The molecule has 0 aliphatic heterocycles. The highest BCUT2D eigenvalue weighted by Gasteiger charge is 2.35. The predicted octanol–water partition coefficient (Wildman–Crippen LogP) is 3.49. The monoisotopic (exact) mass is 298 g/mol. The molecule has 0 saturated heterocycles. The molecule has 0 radical (unpaired) electrons. The maximum absolute atomic E-state index is 13.1. The fourth-order valence-electron chi connectivity index (χ4n) is 2.41. The third-order valence-corrected chi connectivity index (χ3v) is 3.32. The molecule has 114 valence electrons. The smallest absolute Gasteiger partial charge is 0.285 e. The number of hydrogen-bond donors (Lipinski definition) is 0. The minimum Gasteiger partial charge on any atom is -0.285 e. The van der Waals surface area contributed by atoms with Crippen molar-refractivity contribution in [2.75, 3.05) is 0 Å². The van der Waals surface area contributed by atoms with Crippen LogP contribution in [0.15, 0.2) is 35.1 Å². The van der Waals surface area contributed by atoms with Gasteiger partial charge in [0.15, 0.2) is 0 Å². The molecular weight excluding hydrogens is 281 g/mol. The molecule has 1 aromatic carbocycles. The molecule has 0 aliphatic carbocycles. The molecular formula is C15H17F3N2O. The zero-order chi connectivity index (χ0) is 16.0. The van der Waals surface area contributed by atoms with Gasteiger partial charge < -0.3 is 0 Å². The lowest BCUT2D eigenvalue weighted by atomic mass is 9.92. The van der Waals surface area contributed by atoms with Gasteiger partial charge in [0.05, 0.1) is 11.3 Å². The maximum atomic E-state index is 13.1. The molecule has 0 unspecified atom stereocenters. The van der Waals surface area contributed by atoms with Gasteiger partial charge in [-0.25, -0.2) is 4.68 Å². The average Bonchev–Trinajstić information content (AvgIpc) is 2.63. The van der Waals surface area contributed by atoms with E-state index in [4.69, 9.17) is 0 Å². The van der Waals surface area contributed by atoms with Crippen LogP contribution < -0.4 is 5.56 Å². The van der Waals surface area contributed by atoms with E-state index in [2.05, 4.69) is 0 Å². The number of alkyl halides is 3. The molecule has 2 aromatic rings. The Bertz CT molecular complexity index is 718. The van der Waals surface area contributed by atoms with Crippen molar-refractivity contribution in [1.29, 1.82) is 0 Å². The Kier molecular flexibility index (Phi) is 3.51. The topological polar surface area (TPSA) is 26.9 Å². The summed E-state index contributed by atoms with van der Waals surface area (Å²) < 4.78 is 41.9. The molecule has 0 bridgehead atoms. The Hall–Kier alpha value is -1.98. The lowest BCUT2D eigenvalue weighted by Crippen LogP contribution is -2.24. The van der Waals surface area contributed by atoms with E-state index in [1.54, 1.807) is 7.05 Å². The summed E-state index contributed by atoms with van der Waals surface area (Å²) in [6.07, 6.45) is -4.51. The van der Waals surface area contributed by atoms with Gasteiger partial charge in [-0.05, 0) is 12.1 Å². The van der Waals surface area contributed by atoms with Crippen LogP contribution in [-0.2, 0) is 18.6 Å². The Labute approximate surface area is 120 Å². The van der Waals surface area contributed by atoms with Gasteiger partial charge in [0.2, 0.25) is 0 Å². The molecule has 6 heteroatoms. The van der Waals surface area contributed by atoms with Crippen molar-refractivity contribution in [2.45, 2.75) is 32.4 Å². The van der Waals surface area contributed by atoms with Gasteiger partial charge in [-0.2, -0.15) is 13.2 Å². The van der Waals surface area contributed by atoms with Gasteiger partial charge in [-0.3, -0.25) is 9.48 Å². The molecule has 0 amide bonds. The molecule has 0 fully saturated rings. The van der Waals surface area contributed by atoms with E-state index in [1.165, 1.54) is 28.9 Å². The van der Waals surface area contributed by atoms with Crippen LogP contribution in [0.1, 0.15) is 32.0 Å². The minimum absolute atomic E-state index is 0.159. The quantitative estimate of drug-likeness (QED) is 0.791. The predicted molar refractivity (Wildman–Crippen MR) is 74.7 cm³/mol. The zero-order valence-electron chi connectivity index (χ0n) is 12.3. The highest BCUT2D eigenvalue weighted by atomic mass is 19.4. The summed E-state index contributed by atoms with van der Waals surface area (Å²) in [7, 11) is 1.59. The molecule has 0 aliphatic rings. The number of para-hydroxylation sites is 1. The van der Waals surface area contributed by atoms with Gasteiger partial charge in [-0.15, -0.1) is 0 Å². The normalized spacial score (nSPS) is 12.7. The summed E-state index contributed by atoms with van der Waals surface area (Å²) in [4.78, 5) is 12.2. The first-order chi connectivity index (χ1) is 9.53. The van der Waals surface area contributed by atoms with E-state index in [0.29, 0.717) is 5.69 Å². The van der Waals surface area contributed by atoms with Gasteiger partial charge in [-0.1, -0.05) is 32.9 Å². The summed E-state index contributed by atoms with van der Waals surface area (Å²) in [5.74, 6) is 0. The van der Waals surface area contributed by atoms with Gasteiger partial charge >= 0.3 is 6.18 Å². The number of nitrogens with zero attached hydrogens (tertiary/aromatic N) is 2. The van der Waals surface area contributed by atoms with Crippen molar-refractivity contribution >= 4 is 0 Å². The highest BCUT2D eigenvalue weighted by Crippen LogP contribution is 2.33. The van der Waals surface area contributed by atoms with Crippen LogP contribution in [0.25, 0.3) is 5.69 Å². The van der Waals surface area contributed by atoms with Crippen LogP contribution in [0.2, 0.25) is 0 Å². The molecule has 1 heterocycles. The molecule has 0 spiro atoms. The van der Waals surface area contributed by atoms with Crippen molar-refractivity contribution in [1.82, 2.24) is 9.36 Å². The van der Waals surface area contributed by atoms with Crippen LogP contribution >= 0.6 is 0 Å². The van der Waals surface area contributed by atoms with E-state index in [0.717, 1.165) is 10.7 Å². The Morgan fingerprint density at radius 3 is 2.10 bits per heavy atom. The van der Waals surface area contributed by atoms with E-state index in [9.17, 15) is 18.0 Å². The first-order valence-electron chi connectivity index (χ1n) is 6.49. The second-order valence-corrected chi connectivity index (χ2v) is 5.97. The summed E-state index contributed by atoms with van der Waals surface area (Å²) in [6, 6.07) is 6.46. The minimum atomic E-state index is -4.51. The van der Waals surface area contributed by atoms with E-state index in [1.807, 2.05) is 20.8 Å². The highest BCUT2D eigenvalue weighted by molar-refractivity contribution is 5.42. The second-order valence-electron chi connectivity index (χ2n) is 5.97. The van der Waals surface area contributed by atoms with Gasteiger partial charge in [0.1, 0.15) is 0 Å². The third kappa shape index (κ3) is 2.75. The van der Waals surface area contributed by atoms with Crippen LogP contribution in [-0.4, -0.2) is 9.36 Å². The van der Waals surface area contributed by atoms with Crippen LogP contribution in [0.4, 0.5) is 13.2 Å². The second kappa shape index (κ2) is 4.79. The average molecular weight is 298 g/mol. The molecule has 3 nitrogen and oxygen atoms in total. The molecule has 0 N–H and O–H groups in total.